The van der Waals surface area contributed by atoms with Gasteiger partial charge in [0, 0.05) is 11.3 Å². The van der Waals surface area contributed by atoms with Crippen molar-refractivity contribution < 1.29 is 18.4 Å². The lowest BCUT2D eigenvalue weighted by molar-refractivity contribution is -0.121. The molecule has 8 nitrogen and oxygen atoms in total. The van der Waals surface area contributed by atoms with Gasteiger partial charge in [-0.3, -0.25) is 19.3 Å². The van der Waals surface area contributed by atoms with Crippen LogP contribution < -0.4 is 15.2 Å². The molecule has 4 aromatic carbocycles. The monoisotopic (exact) mass is 646 g/mol. The van der Waals surface area contributed by atoms with Crippen LogP contribution in [0.25, 0.3) is 11.0 Å². The van der Waals surface area contributed by atoms with Crippen molar-refractivity contribution in [2.45, 2.75) is 29.1 Å². The molecule has 0 saturated heterocycles. The Bertz CT molecular complexity index is 2270. The second-order valence-electron chi connectivity index (χ2n) is 11.1. The lowest BCUT2D eigenvalue weighted by Gasteiger charge is -2.32. The summed E-state index contributed by atoms with van der Waals surface area (Å²) in [6.45, 7) is 2.16. The lowest BCUT2D eigenvalue weighted by atomic mass is 9.84. The number of halogens is 1. The van der Waals surface area contributed by atoms with Crippen molar-refractivity contribution in [3.8, 4) is 0 Å². The third-order valence-electron chi connectivity index (χ3n) is 8.47. The minimum absolute atomic E-state index is 0.0439. The maximum absolute atomic E-state index is 15.1. The van der Waals surface area contributed by atoms with Crippen molar-refractivity contribution in [3.05, 3.63) is 147 Å². The molecule has 1 unspecified atom stereocenters. The molecule has 46 heavy (non-hydrogen) atoms. The standard InChI is InChI=1S/C35H23FN4O4S2/c1-20-9-5-6-12-22(20)18-39-26-14-8-7-13-25(26)35(32(39)43)28-29(41)24-17-23(36)15-16-27(24)44-30(28)31(42)40(35)33-37-38-34(46-33)45-19-21-10-3-2-4-11-21/h2-17H,18-19H2,1H3. The summed E-state index contributed by atoms with van der Waals surface area (Å²) in [5.41, 5.74) is 1.23. The molecule has 2 aromatic heterocycles. The van der Waals surface area contributed by atoms with E-state index < -0.39 is 28.6 Å². The molecule has 0 aliphatic carbocycles. The predicted molar refractivity (Wildman–Crippen MR) is 175 cm³/mol. The summed E-state index contributed by atoms with van der Waals surface area (Å²) in [6, 6.07) is 28.2. The average molecular weight is 647 g/mol. The second-order valence-corrected chi connectivity index (χ2v) is 13.3. The molecule has 226 valence electrons. The van der Waals surface area contributed by atoms with Crippen LogP contribution >= 0.6 is 23.1 Å². The van der Waals surface area contributed by atoms with E-state index in [1.165, 1.54) is 22.7 Å². The van der Waals surface area contributed by atoms with Gasteiger partial charge in [-0.25, -0.2) is 4.39 Å². The molecule has 8 rings (SSSR count). The van der Waals surface area contributed by atoms with Crippen LogP contribution in [-0.4, -0.2) is 22.0 Å². The Labute approximate surface area is 270 Å². The Kier molecular flexibility index (Phi) is 6.62. The number of nitrogens with zero attached hydrogens (tertiary/aromatic N) is 4. The molecular weight excluding hydrogens is 624 g/mol. The summed E-state index contributed by atoms with van der Waals surface area (Å²) >= 11 is 2.60. The van der Waals surface area contributed by atoms with E-state index in [1.54, 1.807) is 29.2 Å². The fraction of sp³-hybridized carbons (Fsp3) is 0.114. The van der Waals surface area contributed by atoms with Crippen LogP contribution in [0.4, 0.5) is 15.2 Å². The molecule has 0 radical (unpaired) electrons. The first kappa shape index (κ1) is 28.4. The number of benzene rings is 4. The highest BCUT2D eigenvalue weighted by molar-refractivity contribution is 8.00. The molecule has 2 amide bonds. The first-order chi connectivity index (χ1) is 22.4. The van der Waals surface area contributed by atoms with Crippen LogP contribution in [0.1, 0.15) is 38.4 Å². The number of fused-ring (bicyclic) bond motifs is 5. The van der Waals surface area contributed by atoms with Gasteiger partial charge in [-0.05, 0) is 47.9 Å². The third kappa shape index (κ3) is 4.15. The number of carbonyl (C=O) groups is 2. The van der Waals surface area contributed by atoms with Crippen LogP contribution in [0.5, 0.6) is 0 Å². The van der Waals surface area contributed by atoms with Gasteiger partial charge in [0.2, 0.25) is 10.9 Å². The van der Waals surface area contributed by atoms with Crippen LogP contribution in [0.2, 0.25) is 0 Å². The smallest absolute Gasteiger partial charge is 0.297 e. The van der Waals surface area contributed by atoms with Gasteiger partial charge < -0.3 is 9.32 Å². The zero-order chi connectivity index (χ0) is 31.6. The molecule has 4 heterocycles. The molecule has 2 aliphatic rings. The highest BCUT2D eigenvalue weighted by Crippen LogP contribution is 2.55. The maximum Gasteiger partial charge on any atom is 0.297 e. The fourth-order valence-corrected chi connectivity index (χ4v) is 8.17. The SMILES string of the molecule is Cc1ccccc1CN1C(=O)C2(c3ccccc31)c1c(oc3ccc(F)cc3c1=O)C(=O)N2c1nnc(SCc2ccccc2)s1. The summed E-state index contributed by atoms with van der Waals surface area (Å²) in [7, 11) is 0. The fourth-order valence-electron chi connectivity index (χ4n) is 6.32. The minimum Gasteiger partial charge on any atom is -0.450 e. The predicted octanol–water partition coefficient (Wildman–Crippen LogP) is 6.84. The number of aryl methyl sites for hydroxylation is 1. The highest BCUT2D eigenvalue weighted by atomic mass is 32.2. The molecule has 11 heteroatoms. The number of hydrogen-bond donors (Lipinski definition) is 0. The normalized spacial score (nSPS) is 16.9. The molecule has 6 aromatic rings. The molecular formula is C35H23FN4O4S2. The molecule has 0 bridgehead atoms. The van der Waals surface area contributed by atoms with Gasteiger partial charge in [0.25, 0.3) is 11.8 Å². The number of anilines is 2. The molecule has 1 spiro atoms. The Hall–Kier alpha value is -5.13. The minimum atomic E-state index is -1.95. The number of carbonyl (C=O) groups excluding carboxylic acids is 2. The van der Waals surface area contributed by atoms with Gasteiger partial charge in [-0.2, -0.15) is 0 Å². The summed E-state index contributed by atoms with van der Waals surface area (Å²) in [6.07, 6.45) is 0. The third-order valence-corrected chi connectivity index (χ3v) is 10.6. The van der Waals surface area contributed by atoms with E-state index >= 15 is 4.79 Å². The van der Waals surface area contributed by atoms with Crippen molar-refractivity contribution in [2.24, 2.45) is 0 Å². The quantitative estimate of drug-likeness (QED) is 0.145. The first-order valence-corrected chi connectivity index (χ1v) is 16.3. The van der Waals surface area contributed by atoms with Crippen molar-refractivity contribution in [3.63, 3.8) is 0 Å². The largest absolute Gasteiger partial charge is 0.450 e. The average Bonchev–Trinajstić information content (AvgIpc) is 3.71. The number of aromatic nitrogens is 2. The summed E-state index contributed by atoms with van der Waals surface area (Å²) < 4.78 is 21.1. The van der Waals surface area contributed by atoms with E-state index in [1.807, 2.05) is 61.5 Å². The van der Waals surface area contributed by atoms with Crippen molar-refractivity contribution in [2.75, 3.05) is 9.80 Å². The van der Waals surface area contributed by atoms with Crippen LogP contribution in [0.15, 0.2) is 111 Å². The zero-order valence-corrected chi connectivity index (χ0v) is 25.9. The zero-order valence-electron chi connectivity index (χ0n) is 24.3. The number of amides is 2. The van der Waals surface area contributed by atoms with Crippen LogP contribution in [-0.2, 0) is 22.6 Å². The molecule has 0 N–H and O–H groups in total. The topological polar surface area (TPSA) is 96.6 Å². The molecule has 2 aliphatic heterocycles. The van der Waals surface area contributed by atoms with Crippen LogP contribution in [0.3, 0.4) is 0 Å². The summed E-state index contributed by atoms with van der Waals surface area (Å²) in [4.78, 5) is 46.8. The first-order valence-electron chi connectivity index (χ1n) is 14.5. The molecule has 0 fully saturated rings. The summed E-state index contributed by atoms with van der Waals surface area (Å²) in [5, 5.41) is 8.81. The van der Waals surface area contributed by atoms with Crippen molar-refractivity contribution in [1.29, 1.82) is 0 Å². The van der Waals surface area contributed by atoms with Gasteiger partial charge in [0.15, 0.2) is 15.3 Å². The van der Waals surface area contributed by atoms with Gasteiger partial charge in [-0.15, -0.1) is 10.2 Å². The van der Waals surface area contributed by atoms with Gasteiger partial charge >= 0.3 is 0 Å². The highest BCUT2D eigenvalue weighted by Gasteiger charge is 2.66. The Morgan fingerprint density at radius 1 is 0.913 bits per heavy atom. The number of hydrogen-bond acceptors (Lipinski definition) is 8. The van der Waals surface area contributed by atoms with Crippen molar-refractivity contribution >= 4 is 56.7 Å². The maximum atomic E-state index is 15.1. The number of para-hydroxylation sites is 1. The Balaban J connectivity index is 1.34. The van der Waals surface area contributed by atoms with Crippen LogP contribution in [0, 0.1) is 12.7 Å². The van der Waals surface area contributed by atoms with Gasteiger partial charge in [-0.1, -0.05) is 95.9 Å². The summed E-state index contributed by atoms with van der Waals surface area (Å²) in [5.74, 6) is -1.51. The van der Waals surface area contributed by atoms with E-state index in [9.17, 15) is 14.0 Å². The number of rotatable bonds is 6. The molecule has 0 saturated carbocycles. The van der Waals surface area contributed by atoms with E-state index in [-0.39, 0.29) is 34.0 Å². The van der Waals surface area contributed by atoms with Crippen molar-refractivity contribution in [1.82, 2.24) is 10.2 Å². The van der Waals surface area contributed by atoms with Gasteiger partial charge in [0.1, 0.15) is 11.4 Å². The lowest BCUT2D eigenvalue weighted by Crippen LogP contribution is -2.53. The van der Waals surface area contributed by atoms with E-state index in [0.717, 1.165) is 40.2 Å². The Morgan fingerprint density at radius 3 is 2.50 bits per heavy atom. The molecule has 1 atom stereocenters. The van der Waals surface area contributed by atoms with E-state index in [2.05, 4.69) is 10.2 Å². The van der Waals surface area contributed by atoms with E-state index in [4.69, 9.17) is 4.42 Å². The number of thioether (sulfide) groups is 1. The second kappa shape index (κ2) is 10.7. The van der Waals surface area contributed by atoms with E-state index in [0.29, 0.717) is 21.3 Å². The Morgan fingerprint density at radius 2 is 1.67 bits per heavy atom. The van der Waals surface area contributed by atoms with Gasteiger partial charge in [0.05, 0.1) is 23.2 Å².